The van der Waals surface area contributed by atoms with E-state index in [0.717, 1.165) is 5.56 Å². The molecule has 2 nitrogen and oxygen atoms in total. The summed E-state index contributed by atoms with van der Waals surface area (Å²) in [6, 6.07) is 5.85. The maximum Gasteiger partial charge on any atom is 0.446 e. The number of rotatable bonds is 3. The summed E-state index contributed by atoms with van der Waals surface area (Å²) >= 11 is -0.145. The Labute approximate surface area is 83.2 Å². The Balaban J connectivity index is 2.64. The van der Waals surface area contributed by atoms with E-state index in [1.807, 2.05) is 0 Å². The van der Waals surface area contributed by atoms with E-state index in [9.17, 15) is 13.2 Å². The topological polar surface area (TPSA) is 35.2 Å². The molecule has 0 aromatic heterocycles. The van der Waals surface area contributed by atoms with Gasteiger partial charge in [0.2, 0.25) is 0 Å². The zero-order valence-corrected chi connectivity index (χ0v) is 7.86. The number of halogens is 3. The molecule has 0 fully saturated rings. The first-order valence-electron chi connectivity index (χ1n) is 3.67. The second kappa shape index (κ2) is 4.68. The minimum atomic E-state index is -4.24. The van der Waals surface area contributed by atoms with Crippen LogP contribution in [-0.4, -0.2) is 5.51 Å². The molecule has 0 bridgehead atoms. The lowest BCUT2D eigenvalue weighted by atomic mass is 10.2. The molecule has 0 saturated heterocycles. The molecule has 0 spiro atoms. The SMILES string of the molecule is NOCc1ccc(SC(F)(F)F)cc1. The highest BCUT2D eigenvalue weighted by Crippen LogP contribution is 2.36. The van der Waals surface area contributed by atoms with Crippen molar-refractivity contribution in [3.8, 4) is 0 Å². The maximum atomic E-state index is 11.9. The van der Waals surface area contributed by atoms with Gasteiger partial charge in [0.15, 0.2) is 0 Å². The van der Waals surface area contributed by atoms with Gasteiger partial charge in [-0.1, -0.05) is 12.1 Å². The summed E-state index contributed by atoms with van der Waals surface area (Å²) in [4.78, 5) is 4.49. The number of thioether (sulfide) groups is 1. The van der Waals surface area contributed by atoms with Crippen molar-refractivity contribution in [3.63, 3.8) is 0 Å². The average molecular weight is 223 g/mol. The molecule has 0 amide bonds. The van der Waals surface area contributed by atoms with Crippen LogP contribution in [-0.2, 0) is 11.4 Å². The highest BCUT2D eigenvalue weighted by atomic mass is 32.2. The van der Waals surface area contributed by atoms with Gasteiger partial charge in [0.1, 0.15) is 0 Å². The van der Waals surface area contributed by atoms with Gasteiger partial charge in [-0.3, -0.25) is 4.84 Å². The summed E-state index contributed by atoms with van der Waals surface area (Å²) in [5.74, 6) is 4.82. The summed E-state index contributed by atoms with van der Waals surface area (Å²) in [5.41, 5.74) is -3.51. The molecule has 6 heteroatoms. The van der Waals surface area contributed by atoms with Crippen molar-refractivity contribution in [1.29, 1.82) is 0 Å². The number of hydrogen-bond donors (Lipinski definition) is 1. The van der Waals surface area contributed by atoms with Crippen LogP contribution in [0.25, 0.3) is 0 Å². The normalized spacial score (nSPS) is 11.7. The van der Waals surface area contributed by atoms with Gasteiger partial charge in [0.25, 0.3) is 0 Å². The van der Waals surface area contributed by atoms with Crippen molar-refractivity contribution in [2.75, 3.05) is 0 Å². The van der Waals surface area contributed by atoms with E-state index in [1.165, 1.54) is 12.1 Å². The molecule has 0 aliphatic carbocycles. The standard InChI is InChI=1S/C8H8F3NOS/c9-8(10,11)14-7-3-1-6(2-4-7)5-13-12/h1-4H,5,12H2. The molecule has 1 aromatic rings. The van der Waals surface area contributed by atoms with Crippen molar-refractivity contribution in [1.82, 2.24) is 0 Å². The minimum Gasteiger partial charge on any atom is -0.300 e. The first-order chi connectivity index (χ1) is 6.51. The van der Waals surface area contributed by atoms with Gasteiger partial charge in [-0.2, -0.15) is 13.2 Å². The van der Waals surface area contributed by atoms with Gasteiger partial charge in [-0.25, -0.2) is 5.90 Å². The lowest BCUT2D eigenvalue weighted by Crippen LogP contribution is -2.00. The van der Waals surface area contributed by atoms with Gasteiger partial charge >= 0.3 is 5.51 Å². The Bertz CT molecular complexity index is 286. The Morgan fingerprint density at radius 2 is 1.79 bits per heavy atom. The van der Waals surface area contributed by atoms with Crippen LogP contribution in [0.2, 0.25) is 0 Å². The van der Waals surface area contributed by atoms with E-state index in [1.54, 1.807) is 12.1 Å². The summed E-state index contributed by atoms with van der Waals surface area (Å²) in [6.45, 7) is 0.191. The van der Waals surface area contributed by atoms with E-state index < -0.39 is 5.51 Å². The highest BCUT2D eigenvalue weighted by molar-refractivity contribution is 8.00. The van der Waals surface area contributed by atoms with Gasteiger partial charge in [0.05, 0.1) is 6.61 Å². The van der Waals surface area contributed by atoms with E-state index in [4.69, 9.17) is 5.90 Å². The minimum absolute atomic E-state index is 0.145. The molecule has 1 aromatic carbocycles. The molecule has 0 atom stereocenters. The molecule has 0 aliphatic rings. The van der Waals surface area contributed by atoms with Crippen LogP contribution in [0.3, 0.4) is 0 Å². The number of nitrogens with two attached hydrogens (primary N) is 1. The summed E-state index contributed by atoms with van der Waals surface area (Å²) in [7, 11) is 0. The third-order valence-corrected chi connectivity index (χ3v) is 2.15. The molecular weight excluding hydrogens is 215 g/mol. The molecule has 0 aliphatic heterocycles. The summed E-state index contributed by atoms with van der Waals surface area (Å²) in [5, 5.41) is 0. The zero-order valence-electron chi connectivity index (χ0n) is 7.04. The molecule has 2 N–H and O–H groups in total. The van der Waals surface area contributed by atoms with E-state index in [2.05, 4.69) is 4.84 Å². The van der Waals surface area contributed by atoms with Crippen molar-refractivity contribution < 1.29 is 18.0 Å². The van der Waals surface area contributed by atoms with Crippen molar-refractivity contribution >= 4 is 11.8 Å². The fraction of sp³-hybridized carbons (Fsp3) is 0.250. The number of benzene rings is 1. The molecule has 78 valence electrons. The van der Waals surface area contributed by atoms with E-state index in [-0.39, 0.29) is 23.3 Å². The quantitative estimate of drug-likeness (QED) is 0.632. The smallest absolute Gasteiger partial charge is 0.300 e. The molecule has 0 heterocycles. The molecule has 0 unspecified atom stereocenters. The largest absolute Gasteiger partial charge is 0.446 e. The third-order valence-electron chi connectivity index (χ3n) is 1.41. The highest BCUT2D eigenvalue weighted by Gasteiger charge is 2.28. The second-order valence-electron chi connectivity index (χ2n) is 2.50. The van der Waals surface area contributed by atoms with Gasteiger partial charge in [0, 0.05) is 4.90 Å². The van der Waals surface area contributed by atoms with Crippen LogP contribution in [0.4, 0.5) is 13.2 Å². The van der Waals surface area contributed by atoms with E-state index in [0.29, 0.717) is 0 Å². The Kier molecular flexibility index (Phi) is 3.79. The average Bonchev–Trinajstić information content (AvgIpc) is 2.06. The lowest BCUT2D eigenvalue weighted by Gasteiger charge is -2.05. The monoisotopic (exact) mass is 223 g/mol. The molecule has 0 saturated carbocycles. The molecule has 0 radical (unpaired) electrons. The fourth-order valence-electron chi connectivity index (χ4n) is 0.884. The predicted molar refractivity (Wildman–Crippen MR) is 47.3 cm³/mol. The molecule has 14 heavy (non-hydrogen) atoms. The fourth-order valence-corrected chi connectivity index (χ4v) is 1.42. The van der Waals surface area contributed by atoms with Crippen molar-refractivity contribution in [3.05, 3.63) is 29.8 Å². The Morgan fingerprint density at radius 3 is 2.21 bits per heavy atom. The van der Waals surface area contributed by atoms with Crippen LogP contribution in [0.5, 0.6) is 0 Å². The van der Waals surface area contributed by atoms with Crippen molar-refractivity contribution in [2.45, 2.75) is 17.0 Å². The van der Waals surface area contributed by atoms with Gasteiger partial charge in [-0.15, -0.1) is 0 Å². The predicted octanol–water partition coefficient (Wildman–Crippen LogP) is 2.69. The summed E-state index contributed by atoms with van der Waals surface area (Å²) < 4.78 is 35.7. The van der Waals surface area contributed by atoms with Crippen LogP contribution in [0, 0.1) is 0 Å². The van der Waals surface area contributed by atoms with Crippen LogP contribution < -0.4 is 5.90 Å². The molecular formula is C8H8F3NOS. The number of hydrogen-bond acceptors (Lipinski definition) is 3. The van der Waals surface area contributed by atoms with Crippen LogP contribution in [0.1, 0.15) is 5.56 Å². The van der Waals surface area contributed by atoms with Gasteiger partial charge < -0.3 is 0 Å². The lowest BCUT2D eigenvalue weighted by molar-refractivity contribution is -0.0328. The number of alkyl halides is 3. The second-order valence-corrected chi connectivity index (χ2v) is 3.64. The van der Waals surface area contributed by atoms with Crippen LogP contribution >= 0.6 is 11.8 Å². The Morgan fingerprint density at radius 1 is 1.21 bits per heavy atom. The van der Waals surface area contributed by atoms with Crippen LogP contribution in [0.15, 0.2) is 29.2 Å². The maximum absolute atomic E-state index is 11.9. The first kappa shape index (κ1) is 11.4. The van der Waals surface area contributed by atoms with E-state index >= 15 is 0 Å². The van der Waals surface area contributed by atoms with Gasteiger partial charge in [-0.05, 0) is 29.5 Å². The van der Waals surface area contributed by atoms with Crippen molar-refractivity contribution in [2.24, 2.45) is 5.90 Å². The third kappa shape index (κ3) is 3.99. The Hall–Kier alpha value is -0.720. The first-order valence-corrected chi connectivity index (χ1v) is 4.49. The molecule has 1 rings (SSSR count). The summed E-state index contributed by atoms with van der Waals surface area (Å²) in [6.07, 6.45) is 0. The zero-order chi connectivity index (χ0) is 10.6.